The Labute approximate surface area is 216 Å². The van der Waals surface area contributed by atoms with E-state index < -0.39 is 47.9 Å². The Morgan fingerprint density at radius 2 is 1.59 bits per heavy atom. The number of nitrogens with two attached hydrogens (primary N) is 2. The van der Waals surface area contributed by atoms with Crippen LogP contribution in [0.5, 0.6) is 0 Å². The van der Waals surface area contributed by atoms with Crippen molar-refractivity contribution in [3.05, 3.63) is 35.9 Å². The van der Waals surface area contributed by atoms with Gasteiger partial charge in [-0.05, 0) is 57.2 Å². The van der Waals surface area contributed by atoms with Crippen molar-refractivity contribution in [1.29, 1.82) is 0 Å². The van der Waals surface area contributed by atoms with E-state index in [0.29, 0.717) is 32.4 Å². The van der Waals surface area contributed by atoms with Crippen LogP contribution in [0.3, 0.4) is 0 Å². The van der Waals surface area contributed by atoms with Crippen LogP contribution in [0.4, 0.5) is 0 Å². The molecule has 37 heavy (non-hydrogen) atoms. The first kappa shape index (κ1) is 29.7. The van der Waals surface area contributed by atoms with Gasteiger partial charge in [0.1, 0.15) is 18.1 Å². The molecule has 12 heteroatoms. The third-order valence-corrected chi connectivity index (χ3v) is 6.17. The number of rotatable bonds is 16. The number of amides is 4. The van der Waals surface area contributed by atoms with Crippen molar-refractivity contribution in [2.75, 3.05) is 13.1 Å². The molecule has 0 bridgehead atoms. The summed E-state index contributed by atoms with van der Waals surface area (Å²) < 4.78 is 0. The van der Waals surface area contributed by atoms with Gasteiger partial charge in [-0.2, -0.15) is 0 Å². The van der Waals surface area contributed by atoms with Gasteiger partial charge in [0.15, 0.2) is 0 Å². The van der Waals surface area contributed by atoms with Crippen LogP contribution < -0.4 is 32.7 Å². The van der Waals surface area contributed by atoms with Crippen LogP contribution >= 0.6 is 0 Å². The van der Waals surface area contributed by atoms with Crippen molar-refractivity contribution in [2.45, 2.75) is 75.5 Å². The molecule has 1 aliphatic heterocycles. The quantitative estimate of drug-likeness (QED) is 0.134. The van der Waals surface area contributed by atoms with Gasteiger partial charge < -0.3 is 37.8 Å². The molecule has 4 unspecified atom stereocenters. The molecule has 1 fully saturated rings. The third kappa shape index (κ3) is 10.6. The molecule has 0 spiro atoms. The van der Waals surface area contributed by atoms with Gasteiger partial charge in [0.2, 0.25) is 23.6 Å². The molecule has 4 atom stereocenters. The highest BCUT2D eigenvalue weighted by atomic mass is 16.4. The normalized spacial score (nSPS) is 17.3. The molecule has 12 nitrogen and oxygen atoms in total. The molecular formula is C25H38N6O6. The minimum atomic E-state index is -1.21. The fourth-order valence-corrected chi connectivity index (χ4v) is 4.09. The van der Waals surface area contributed by atoms with E-state index in [1.807, 2.05) is 0 Å². The van der Waals surface area contributed by atoms with Crippen LogP contribution in [-0.4, -0.2) is 72.0 Å². The Balaban J connectivity index is 2.12. The van der Waals surface area contributed by atoms with Gasteiger partial charge >= 0.3 is 5.97 Å². The summed E-state index contributed by atoms with van der Waals surface area (Å²) in [5.74, 6) is -3.53. The lowest BCUT2D eigenvalue weighted by atomic mass is 10.0. The maximum atomic E-state index is 13.1. The van der Waals surface area contributed by atoms with Crippen molar-refractivity contribution in [3.8, 4) is 0 Å². The molecular weight excluding hydrogens is 480 g/mol. The zero-order chi connectivity index (χ0) is 27.2. The number of nitrogens with one attached hydrogen (secondary N) is 4. The summed E-state index contributed by atoms with van der Waals surface area (Å²) in [5.41, 5.74) is 11.5. The van der Waals surface area contributed by atoms with Crippen LogP contribution in [0.25, 0.3) is 0 Å². The molecule has 0 saturated carbocycles. The number of aliphatic carboxylic acids is 1. The second-order valence-electron chi connectivity index (χ2n) is 9.15. The summed E-state index contributed by atoms with van der Waals surface area (Å²) in [4.78, 5) is 62.0. The standard InChI is InChI=1S/C25H38N6O6/c26-13-5-4-9-18(23(34)31-20(25(36)37)15-16-7-2-1-3-8-16)29-24(35)19(11-12-21(27)32)30-22(33)17-10-6-14-28-17/h1-3,7-8,17-20,28H,4-6,9-15,26H2,(H2,27,32)(H,29,35)(H,30,33)(H,31,34)(H,36,37). The zero-order valence-electron chi connectivity index (χ0n) is 20.9. The van der Waals surface area contributed by atoms with Crippen molar-refractivity contribution >= 4 is 29.6 Å². The number of carbonyl (C=O) groups is 5. The zero-order valence-corrected chi connectivity index (χ0v) is 20.9. The lowest BCUT2D eigenvalue weighted by molar-refractivity contribution is -0.142. The molecule has 1 heterocycles. The van der Waals surface area contributed by atoms with Gasteiger partial charge in [-0.3, -0.25) is 19.2 Å². The summed E-state index contributed by atoms with van der Waals surface area (Å²) >= 11 is 0. The van der Waals surface area contributed by atoms with E-state index in [-0.39, 0.29) is 31.6 Å². The number of hydrogen-bond donors (Lipinski definition) is 7. The summed E-state index contributed by atoms with van der Waals surface area (Å²) in [7, 11) is 0. The Bertz CT molecular complexity index is 922. The number of hydrogen-bond acceptors (Lipinski definition) is 7. The molecule has 0 radical (unpaired) electrons. The predicted octanol–water partition coefficient (Wildman–Crippen LogP) is -1.09. The molecule has 1 saturated heterocycles. The Hall–Kier alpha value is -3.51. The lowest BCUT2D eigenvalue weighted by Crippen LogP contribution is -2.57. The molecule has 1 aliphatic rings. The Morgan fingerprint density at radius 1 is 0.946 bits per heavy atom. The molecule has 2 rings (SSSR count). The SMILES string of the molecule is NCCCCC(NC(=O)C(CCC(N)=O)NC(=O)C1CCCN1)C(=O)NC(Cc1ccccc1)C(=O)O. The van der Waals surface area contributed by atoms with Gasteiger partial charge in [-0.15, -0.1) is 0 Å². The highest BCUT2D eigenvalue weighted by Crippen LogP contribution is 2.09. The first-order valence-electron chi connectivity index (χ1n) is 12.6. The number of carboxylic acids is 1. The molecule has 1 aromatic rings. The fraction of sp³-hybridized carbons (Fsp3) is 0.560. The smallest absolute Gasteiger partial charge is 0.326 e. The monoisotopic (exact) mass is 518 g/mol. The van der Waals surface area contributed by atoms with E-state index in [0.717, 1.165) is 12.0 Å². The van der Waals surface area contributed by atoms with Gasteiger partial charge in [-0.25, -0.2) is 4.79 Å². The first-order chi connectivity index (χ1) is 17.7. The summed E-state index contributed by atoms with van der Waals surface area (Å²) in [6.45, 7) is 1.08. The van der Waals surface area contributed by atoms with Crippen molar-refractivity contribution in [2.24, 2.45) is 11.5 Å². The van der Waals surface area contributed by atoms with Gasteiger partial charge in [0.05, 0.1) is 6.04 Å². The minimum absolute atomic E-state index is 0.0392. The number of unbranched alkanes of at least 4 members (excludes halogenated alkanes) is 1. The van der Waals surface area contributed by atoms with E-state index in [4.69, 9.17) is 11.5 Å². The van der Waals surface area contributed by atoms with E-state index >= 15 is 0 Å². The first-order valence-corrected chi connectivity index (χ1v) is 12.6. The number of carbonyl (C=O) groups excluding carboxylic acids is 4. The van der Waals surface area contributed by atoms with Gasteiger partial charge in [-0.1, -0.05) is 30.3 Å². The minimum Gasteiger partial charge on any atom is -0.480 e. The Morgan fingerprint density at radius 3 is 2.16 bits per heavy atom. The number of carboxylic acid groups (broad SMARTS) is 1. The van der Waals surface area contributed by atoms with E-state index in [1.165, 1.54) is 0 Å². The van der Waals surface area contributed by atoms with Crippen molar-refractivity contribution in [1.82, 2.24) is 21.3 Å². The second-order valence-corrected chi connectivity index (χ2v) is 9.15. The van der Waals surface area contributed by atoms with Gasteiger partial charge in [0.25, 0.3) is 0 Å². The summed E-state index contributed by atoms with van der Waals surface area (Å²) in [5, 5.41) is 20.5. The maximum absolute atomic E-state index is 13.1. The molecule has 1 aromatic carbocycles. The van der Waals surface area contributed by atoms with Gasteiger partial charge in [0, 0.05) is 12.8 Å². The largest absolute Gasteiger partial charge is 0.480 e. The van der Waals surface area contributed by atoms with Crippen LogP contribution in [-0.2, 0) is 30.4 Å². The highest BCUT2D eigenvalue weighted by molar-refractivity contribution is 5.94. The number of primary amides is 1. The predicted molar refractivity (Wildman–Crippen MR) is 136 cm³/mol. The summed E-state index contributed by atoms with van der Waals surface area (Å²) in [6.07, 6.45) is 2.66. The second kappa shape index (κ2) is 15.6. The average Bonchev–Trinajstić information content (AvgIpc) is 3.41. The van der Waals surface area contributed by atoms with Crippen LogP contribution in [0.1, 0.15) is 50.5 Å². The fourth-order valence-electron chi connectivity index (χ4n) is 4.09. The molecule has 9 N–H and O–H groups in total. The van der Waals surface area contributed by atoms with Crippen molar-refractivity contribution in [3.63, 3.8) is 0 Å². The molecule has 0 aromatic heterocycles. The highest BCUT2D eigenvalue weighted by Gasteiger charge is 2.31. The van der Waals surface area contributed by atoms with E-state index in [1.54, 1.807) is 30.3 Å². The topological polar surface area (TPSA) is 206 Å². The lowest BCUT2D eigenvalue weighted by Gasteiger charge is -2.25. The third-order valence-electron chi connectivity index (χ3n) is 6.17. The van der Waals surface area contributed by atoms with Crippen LogP contribution in [0.2, 0.25) is 0 Å². The van der Waals surface area contributed by atoms with Crippen LogP contribution in [0.15, 0.2) is 30.3 Å². The maximum Gasteiger partial charge on any atom is 0.326 e. The van der Waals surface area contributed by atoms with Crippen LogP contribution in [0, 0.1) is 0 Å². The van der Waals surface area contributed by atoms with Crippen molar-refractivity contribution < 1.29 is 29.1 Å². The van der Waals surface area contributed by atoms with E-state index in [9.17, 15) is 29.1 Å². The average molecular weight is 519 g/mol. The molecule has 4 amide bonds. The number of benzene rings is 1. The Kier molecular flexibility index (Phi) is 12.5. The summed E-state index contributed by atoms with van der Waals surface area (Å²) in [6, 6.07) is 5.06. The molecule has 204 valence electrons. The molecule has 0 aliphatic carbocycles. The van der Waals surface area contributed by atoms with E-state index in [2.05, 4.69) is 21.3 Å².